The minimum Gasteiger partial charge on any atom is -0.356 e. The molecule has 1 saturated carbocycles. The van der Waals surface area contributed by atoms with Crippen LogP contribution in [0.3, 0.4) is 0 Å². The molecule has 17 heavy (non-hydrogen) atoms. The van der Waals surface area contributed by atoms with E-state index in [0.717, 1.165) is 12.8 Å². The second-order valence-corrected chi connectivity index (χ2v) is 4.87. The van der Waals surface area contributed by atoms with Crippen LogP contribution >= 0.6 is 11.8 Å². The first kappa shape index (κ1) is 12.2. The fourth-order valence-electron chi connectivity index (χ4n) is 1.51. The highest BCUT2D eigenvalue weighted by atomic mass is 32.2. The van der Waals surface area contributed by atoms with Crippen LogP contribution in [0.15, 0.2) is 22.2 Å². The molecule has 1 aromatic heterocycles. The van der Waals surface area contributed by atoms with Gasteiger partial charge in [0.25, 0.3) is 5.56 Å². The lowest BCUT2D eigenvalue weighted by Crippen LogP contribution is -2.25. The van der Waals surface area contributed by atoms with Gasteiger partial charge in [0.15, 0.2) is 5.16 Å². The third-order valence-electron chi connectivity index (χ3n) is 2.45. The highest BCUT2D eigenvalue weighted by molar-refractivity contribution is 7.99. The van der Waals surface area contributed by atoms with E-state index in [0.29, 0.717) is 23.5 Å². The Labute approximate surface area is 104 Å². The largest absolute Gasteiger partial charge is 0.356 e. The predicted octanol–water partition coefficient (Wildman–Crippen LogP) is 0.806. The van der Waals surface area contributed by atoms with Gasteiger partial charge in [-0.2, -0.15) is 4.98 Å². The van der Waals surface area contributed by atoms with Crippen molar-refractivity contribution >= 4 is 17.7 Å². The Morgan fingerprint density at radius 3 is 3.06 bits per heavy atom. The van der Waals surface area contributed by atoms with Crippen LogP contribution in [-0.2, 0) is 4.79 Å². The molecule has 1 fully saturated rings. The van der Waals surface area contributed by atoms with Crippen LogP contribution < -0.4 is 10.9 Å². The maximum atomic E-state index is 11.4. The van der Waals surface area contributed by atoms with E-state index in [1.54, 1.807) is 6.20 Å². The third kappa shape index (κ3) is 3.33. The van der Waals surface area contributed by atoms with Gasteiger partial charge in [-0.05, 0) is 19.8 Å². The highest BCUT2D eigenvalue weighted by Crippen LogP contribution is 2.36. The molecule has 0 atom stereocenters. The summed E-state index contributed by atoms with van der Waals surface area (Å²) in [6, 6.07) is 1.92. The van der Waals surface area contributed by atoms with Crippen LogP contribution in [0.4, 0.5) is 0 Å². The number of aromatic nitrogens is 2. The van der Waals surface area contributed by atoms with Crippen molar-refractivity contribution in [1.29, 1.82) is 0 Å². The molecular formula is C11H15N3O2S. The topological polar surface area (TPSA) is 64.0 Å². The molecule has 5 nitrogen and oxygen atoms in total. The van der Waals surface area contributed by atoms with Gasteiger partial charge in [0, 0.05) is 24.8 Å². The summed E-state index contributed by atoms with van der Waals surface area (Å²) in [7, 11) is 0. The fraction of sp³-hybridized carbons (Fsp3) is 0.545. The molecule has 1 heterocycles. The second kappa shape index (κ2) is 5.35. The smallest absolute Gasteiger partial charge is 0.273 e. The van der Waals surface area contributed by atoms with Crippen molar-refractivity contribution in [3.63, 3.8) is 0 Å². The van der Waals surface area contributed by atoms with Gasteiger partial charge in [-0.1, -0.05) is 11.8 Å². The number of amides is 1. The first-order valence-corrected chi connectivity index (χ1v) is 6.68. The summed E-state index contributed by atoms with van der Waals surface area (Å²) in [5, 5.41) is 3.36. The molecule has 2 rings (SSSR count). The zero-order valence-electron chi connectivity index (χ0n) is 9.68. The number of rotatable bonds is 5. The average Bonchev–Trinajstić information content (AvgIpc) is 3.11. The van der Waals surface area contributed by atoms with Gasteiger partial charge in [0.05, 0.1) is 5.75 Å². The van der Waals surface area contributed by atoms with Crippen LogP contribution in [0.25, 0.3) is 0 Å². The lowest BCUT2D eigenvalue weighted by Gasteiger charge is -2.09. The Morgan fingerprint density at radius 2 is 2.41 bits per heavy atom. The molecular weight excluding hydrogens is 238 g/mol. The predicted molar refractivity (Wildman–Crippen MR) is 66.2 cm³/mol. The quantitative estimate of drug-likeness (QED) is 0.623. The molecule has 6 heteroatoms. The molecule has 0 unspecified atom stereocenters. The summed E-state index contributed by atoms with van der Waals surface area (Å²) in [6.07, 6.45) is 4.02. The SMILES string of the molecule is CCNC(=O)CSc1nc(=O)ccn1C1CC1. The lowest BCUT2D eigenvalue weighted by molar-refractivity contribution is -0.118. The zero-order chi connectivity index (χ0) is 12.3. The third-order valence-corrected chi connectivity index (χ3v) is 3.42. The van der Waals surface area contributed by atoms with Crippen LogP contribution in [-0.4, -0.2) is 27.8 Å². The second-order valence-electron chi connectivity index (χ2n) is 3.93. The maximum absolute atomic E-state index is 11.4. The van der Waals surface area contributed by atoms with E-state index in [4.69, 9.17) is 0 Å². The number of carbonyl (C=O) groups excluding carboxylic acids is 1. The van der Waals surface area contributed by atoms with Crippen molar-refractivity contribution in [3.8, 4) is 0 Å². The minimum atomic E-state index is -0.250. The summed E-state index contributed by atoms with van der Waals surface area (Å²) in [6.45, 7) is 2.50. The molecule has 0 spiro atoms. The molecule has 0 radical (unpaired) electrons. The summed E-state index contributed by atoms with van der Waals surface area (Å²) in [4.78, 5) is 26.5. The fourth-order valence-corrected chi connectivity index (χ4v) is 2.39. The highest BCUT2D eigenvalue weighted by Gasteiger charge is 2.25. The maximum Gasteiger partial charge on any atom is 0.273 e. The van der Waals surface area contributed by atoms with E-state index >= 15 is 0 Å². The summed E-state index contributed by atoms with van der Waals surface area (Å²) < 4.78 is 1.99. The molecule has 0 aliphatic heterocycles. The number of hydrogen-bond donors (Lipinski definition) is 1. The van der Waals surface area contributed by atoms with Gasteiger partial charge in [-0.3, -0.25) is 9.59 Å². The number of thioether (sulfide) groups is 1. The van der Waals surface area contributed by atoms with Gasteiger partial charge in [-0.15, -0.1) is 0 Å². The normalized spacial score (nSPS) is 14.6. The molecule has 0 bridgehead atoms. The molecule has 1 aliphatic rings. The van der Waals surface area contributed by atoms with Crippen molar-refractivity contribution in [2.45, 2.75) is 31.0 Å². The van der Waals surface area contributed by atoms with Gasteiger partial charge < -0.3 is 9.88 Å². The van der Waals surface area contributed by atoms with Crippen LogP contribution in [0.1, 0.15) is 25.8 Å². The molecule has 1 N–H and O–H groups in total. The van der Waals surface area contributed by atoms with Crippen molar-refractivity contribution in [3.05, 3.63) is 22.6 Å². The number of hydrogen-bond acceptors (Lipinski definition) is 4. The molecule has 1 amide bonds. The lowest BCUT2D eigenvalue weighted by atomic mass is 10.6. The number of carbonyl (C=O) groups is 1. The van der Waals surface area contributed by atoms with Gasteiger partial charge >= 0.3 is 0 Å². The molecule has 92 valence electrons. The van der Waals surface area contributed by atoms with Crippen LogP contribution in [0.2, 0.25) is 0 Å². The van der Waals surface area contributed by atoms with E-state index in [-0.39, 0.29) is 11.5 Å². The van der Waals surface area contributed by atoms with Gasteiger partial charge in [-0.25, -0.2) is 0 Å². The number of nitrogens with one attached hydrogen (secondary N) is 1. The molecule has 1 aromatic rings. The molecule has 0 aromatic carbocycles. The average molecular weight is 253 g/mol. The van der Waals surface area contributed by atoms with E-state index in [2.05, 4.69) is 10.3 Å². The first-order valence-electron chi connectivity index (χ1n) is 5.69. The van der Waals surface area contributed by atoms with Crippen LogP contribution in [0, 0.1) is 0 Å². The van der Waals surface area contributed by atoms with Gasteiger partial charge in [0.1, 0.15) is 0 Å². The van der Waals surface area contributed by atoms with Gasteiger partial charge in [0.2, 0.25) is 5.91 Å². The summed E-state index contributed by atoms with van der Waals surface area (Å²) >= 11 is 1.32. The van der Waals surface area contributed by atoms with E-state index in [1.165, 1.54) is 17.8 Å². The summed E-state index contributed by atoms with van der Waals surface area (Å²) in [5.74, 6) is 0.273. The van der Waals surface area contributed by atoms with E-state index in [9.17, 15) is 9.59 Å². The minimum absolute atomic E-state index is 0.0297. The Morgan fingerprint density at radius 1 is 1.65 bits per heavy atom. The number of nitrogens with zero attached hydrogens (tertiary/aromatic N) is 2. The Kier molecular flexibility index (Phi) is 3.83. The zero-order valence-corrected chi connectivity index (χ0v) is 10.5. The van der Waals surface area contributed by atoms with E-state index in [1.807, 2.05) is 11.5 Å². The Bertz CT molecular complexity index is 468. The van der Waals surface area contributed by atoms with E-state index < -0.39 is 0 Å². The van der Waals surface area contributed by atoms with Crippen LogP contribution in [0.5, 0.6) is 0 Å². The molecule has 0 saturated heterocycles. The van der Waals surface area contributed by atoms with Crippen molar-refractivity contribution in [1.82, 2.24) is 14.9 Å². The van der Waals surface area contributed by atoms with Crippen molar-refractivity contribution in [2.24, 2.45) is 0 Å². The van der Waals surface area contributed by atoms with Crippen molar-refractivity contribution < 1.29 is 4.79 Å². The standard InChI is InChI=1S/C11H15N3O2S/c1-2-12-10(16)7-17-11-13-9(15)5-6-14(11)8-3-4-8/h5-6,8H,2-4,7H2,1H3,(H,12,16). The van der Waals surface area contributed by atoms with Crippen molar-refractivity contribution in [2.75, 3.05) is 12.3 Å². The Balaban J connectivity index is 2.05. The summed E-state index contributed by atoms with van der Waals surface area (Å²) in [5.41, 5.74) is -0.250. The first-order chi connectivity index (χ1) is 8.20. The molecule has 1 aliphatic carbocycles. The monoisotopic (exact) mass is 253 g/mol. The Hall–Kier alpha value is -1.30.